The molecule has 0 saturated heterocycles. The number of carbonyl (C=O) groups is 1. The third-order valence-corrected chi connectivity index (χ3v) is 5.32. The van der Waals surface area contributed by atoms with Crippen molar-refractivity contribution in [3.05, 3.63) is 29.8 Å². The molecule has 24 heavy (non-hydrogen) atoms. The minimum absolute atomic E-state index is 0.00807. The fourth-order valence-corrected chi connectivity index (χ4v) is 3.94. The molecule has 1 amide bonds. The smallest absolute Gasteiger partial charge is 0.233 e. The Kier molecular flexibility index (Phi) is 7.33. The Morgan fingerprint density at radius 2 is 2.08 bits per heavy atom. The lowest BCUT2D eigenvalue weighted by Crippen LogP contribution is -2.32. The second kappa shape index (κ2) is 9.48. The van der Waals surface area contributed by atoms with Crippen LogP contribution >= 0.6 is 23.1 Å². The van der Waals surface area contributed by atoms with E-state index in [2.05, 4.69) is 20.8 Å². The fraction of sp³-hybridized carbons (Fsp3) is 0.438. The van der Waals surface area contributed by atoms with Gasteiger partial charge >= 0.3 is 0 Å². The van der Waals surface area contributed by atoms with Crippen LogP contribution in [0, 0.1) is 0 Å². The molecule has 1 aromatic heterocycles. The number of hydrogen-bond acceptors (Lipinski definition) is 7. The van der Waals surface area contributed by atoms with Gasteiger partial charge in [-0.15, -0.1) is 10.2 Å². The maximum absolute atomic E-state index is 12.2. The van der Waals surface area contributed by atoms with Crippen LogP contribution in [0.1, 0.15) is 19.4 Å². The molecule has 2 rings (SSSR count). The lowest BCUT2D eigenvalue weighted by atomic mass is 10.1. The normalized spacial score (nSPS) is 11.8. The van der Waals surface area contributed by atoms with Gasteiger partial charge in [0.2, 0.25) is 11.0 Å². The number of ether oxygens (including phenoxy) is 1. The van der Waals surface area contributed by atoms with E-state index in [-0.39, 0.29) is 11.2 Å². The van der Waals surface area contributed by atoms with Gasteiger partial charge in [-0.05, 0) is 38.0 Å². The number of aromatic nitrogens is 2. The van der Waals surface area contributed by atoms with Crippen LogP contribution < -0.4 is 15.4 Å². The standard InChI is InChI=1S/C16H22N4O2S2/c1-4-17-15-19-20-16(24-15)23-11(2)14(21)18-10-9-12-5-7-13(22-3)8-6-12/h5-8,11H,4,9-10H2,1-3H3,(H,17,19)(H,18,21). The van der Waals surface area contributed by atoms with Crippen molar-refractivity contribution in [1.82, 2.24) is 15.5 Å². The fourth-order valence-electron chi connectivity index (χ4n) is 1.95. The van der Waals surface area contributed by atoms with Crippen LogP contribution in [0.2, 0.25) is 0 Å². The predicted octanol–water partition coefficient (Wildman–Crippen LogP) is 2.82. The topological polar surface area (TPSA) is 76.1 Å². The van der Waals surface area contributed by atoms with Gasteiger partial charge < -0.3 is 15.4 Å². The summed E-state index contributed by atoms with van der Waals surface area (Å²) in [6, 6.07) is 7.86. The maximum Gasteiger partial charge on any atom is 0.233 e. The predicted molar refractivity (Wildman–Crippen MR) is 99.1 cm³/mol. The first-order chi connectivity index (χ1) is 11.6. The van der Waals surface area contributed by atoms with E-state index in [4.69, 9.17) is 4.74 Å². The zero-order chi connectivity index (χ0) is 17.4. The first kappa shape index (κ1) is 18.5. The minimum Gasteiger partial charge on any atom is -0.497 e. The summed E-state index contributed by atoms with van der Waals surface area (Å²) in [5.74, 6) is 0.843. The Balaban J connectivity index is 1.74. The first-order valence-corrected chi connectivity index (χ1v) is 9.46. The highest BCUT2D eigenvalue weighted by Gasteiger charge is 2.16. The second-order valence-corrected chi connectivity index (χ2v) is 7.62. The van der Waals surface area contributed by atoms with E-state index < -0.39 is 0 Å². The maximum atomic E-state index is 12.2. The van der Waals surface area contributed by atoms with Crippen LogP contribution in [0.5, 0.6) is 5.75 Å². The number of benzene rings is 1. The Labute approximate surface area is 150 Å². The van der Waals surface area contributed by atoms with E-state index in [0.29, 0.717) is 6.54 Å². The van der Waals surface area contributed by atoms with Crippen LogP contribution in [-0.4, -0.2) is 41.6 Å². The molecule has 0 fully saturated rings. The lowest BCUT2D eigenvalue weighted by molar-refractivity contribution is -0.120. The molecule has 2 N–H and O–H groups in total. The number of methoxy groups -OCH3 is 1. The molecule has 6 nitrogen and oxygen atoms in total. The molecule has 0 bridgehead atoms. The van der Waals surface area contributed by atoms with Gasteiger partial charge in [0.1, 0.15) is 5.75 Å². The Hall–Kier alpha value is -1.80. The van der Waals surface area contributed by atoms with Gasteiger partial charge in [-0.3, -0.25) is 4.79 Å². The third-order valence-electron chi connectivity index (χ3n) is 3.25. The molecule has 0 aliphatic rings. The van der Waals surface area contributed by atoms with Crippen LogP contribution in [0.3, 0.4) is 0 Å². The summed E-state index contributed by atoms with van der Waals surface area (Å²) in [6.07, 6.45) is 0.788. The van der Waals surface area contributed by atoms with Crippen molar-refractivity contribution in [3.8, 4) is 5.75 Å². The van der Waals surface area contributed by atoms with Crippen LogP contribution in [0.4, 0.5) is 5.13 Å². The molecular formula is C16H22N4O2S2. The molecule has 130 valence electrons. The quantitative estimate of drug-likeness (QED) is 0.665. The highest BCUT2D eigenvalue weighted by molar-refractivity contribution is 8.02. The van der Waals surface area contributed by atoms with Gasteiger partial charge in [-0.2, -0.15) is 0 Å². The van der Waals surface area contributed by atoms with Gasteiger partial charge in [-0.1, -0.05) is 35.2 Å². The van der Waals surface area contributed by atoms with Crippen molar-refractivity contribution in [3.63, 3.8) is 0 Å². The van der Waals surface area contributed by atoms with E-state index in [9.17, 15) is 4.79 Å². The van der Waals surface area contributed by atoms with Gasteiger partial charge in [0.25, 0.3) is 0 Å². The Morgan fingerprint density at radius 1 is 1.33 bits per heavy atom. The number of carbonyl (C=O) groups excluding carboxylic acids is 1. The van der Waals surface area contributed by atoms with E-state index in [0.717, 1.165) is 33.7 Å². The highest BCUT2D eigenvalue weighted by atomic mass is 32.2. The number of thioether (sulfide) groups is 1. The van der Waals surface area contributed by atoms with Crippen molar-refractivity contribution in [1.29, 1.82) is 0 Å². The number of nitrogens with one attached hydrogen (secondary N) is 2. The average molecular weight is 367 g/mol. The van der Waals surface area contributed by atoms with E-state index in [1.807, 2.05) is 38.1 Å². The Bertz CT molecular complexity index is 646. The van der Waals surface area contributed by atoms with Crippen molar-refractivity contribution in [2.75, 3.05) is 25.5 Å². The molecule has 8 heteroatoms. The second-order valence-electron chi connectivity index (χ2n) is 5.05. The summed E-state index contributed by atoms with van der Waals surface area (Å²) in [5.41, 5.74) is 1.16. The van der Waals surface area contributed by atoms with Gasteiger partial charge in [-0.25, -0.2) is 0 Å². The molecule has 0 aliphatic carbocycles. The molecule has 0 radical (unpaired) electrons. The first-order valence-electron chi connectivity index (χ1n) is 7.77. The molecule has 1 heterocycles. The van der Waals surface area contributed by atoms with E-state index in [1.54, 1.807) is 7.11 Å². The summed E-state index contributed by atoms with van der Waals surface area (Å²) in [7, 11) is 1.65. The molecular weight excluding hydrogens is 344 g/mol. The number of anilines is 1. The largest absolute Gasteiger partial charge is 0.497 e. The molecule has 0 aliphatic heterocycles. The van der Waals surface area contributed by atoms with E-state index in [1.165, 1.54) is 23.1 Å². The lowest BCUT2D eigenvalue weighted by Gasteiger charge is -2.10. The van der Waals surface area contributed by atoms with Crippen LogP contribution in [0.25, 0.3) is 0 Å². The Morgan fingerprint density at radius 3 is 2.75 bits per heavy atom. The third kappa shape index (κ3) is 5.68. The summed E-state index contributed by atoms with van der Waals surface area (Å²) in [4.78, 5) is 12.2. The molecule has 1 aromatic carbocycles. The minimum atomic E-state index is -0.205. The number of nitrogens with zero attached hydrogens (tertiary/aromatic N) is 2. The highest BCUT2D eigenvalue weighted by Crippen LogP contribution is 2.28. The van der Waals surface area contributed by atoms with Gasteiger partial charge in [0.05, 0.1) is 12.4 Å². The summed E-state index contributed by atoms with van der Waals surface area (Å²) < 4.78 is 5.93. The number of amides is 1. The summed E-state index contributed by atoms with van der Waals surface area (Å²) in [6.45, 7) is 5.30. The summed E-state index contributed by atoms with van der Waals surface area (Å²) in [5, 5.41) is 14.8. The van der Waals surface area contributed by atoms with Crippen LogP contribution in [-0.2, 0) is 11.2 Å². The van der Waals surface area contributed by atoms with Crippen molar-refractivity contribution in [2.24, 2.45) is 0 Å². The van der Waals surface area contributed by atoms with Gasteiger partial charge in [0, 0.05) is 13.1 Å². The average Bonchev–Trinajstić information content (AvgIpc) is 3.02. The zero-order valence-electron chi connectivity index (χ0n) is 14.0. The summed E-state index contributed by atoms with van der Waals surface area (Å²) >= 11 is 2.89. The van der Waals surface area contributed by atoms with E-state index >= 15 is 0 Å². The SMILES string of the molecule is CCNc1nnc(SC(C)C(=O)NCCc2ccc(OC)cc2)s1. The molecule has 0 saturated carbocycles. The number of hydrogen-bond donors (Lipinski definition) is 2. The monoisotopic (exact) mass is 366 g/mol. The van der Waals surface area contributed by atoms with Crippen molar-refractivity contribution < 1.29 is 9.53 Å². The van der Waals surface area contributed by atoms with Crippen molar-refractivity contribution >= 4 is 34.1 Å². The van der Waals surface area contributed by atoms with Gasteiger partial charge in [0.15, 0.2) is 4.34 Å². The molecule has 1 atom stereocenters. The zero-order valence-corrected chi connectivity index (χ0v) is 15.7. The van der Waals surface area contributed by atoms with Crippen molar-refractivity contribution in [2.45, 2.75) is 29.9 Å². The molecule has 1 unspecified atom stereocenters. The molecule has 2 aromatic rings. The number of rotatable bonds is 9. The molecule has 0 spiro atoms. The van der Waals surface area contributed by atoms with Crippen LogP contribution in [0.15, 0.2) is 28.6 Å².